The van der Waals surface area contributed by atoms with Crippen LogP contribution in [-0.2, 0) is 26.9 Å². The van der Waals surface area contributed by atoms with E-state index in [4.69, 9.17) is 26.8 Å². The van der Waals surface area contributed by atoms with Crippen LogP contribution in [0.2, 0.25) is 5.02 Å². The van der Waals surface area contributed by atoms with E-state index in [0.717, 1.165) is 17.3 Å². The largest absolute Gasteiger partial charge is 0.462 e. The quantitative estimate of drug-likeness (QED) is 0.144. The zero-order valence-corrected chi connectivity index (χ0v) is 31.7. The second kappa shape index (κ2) is 17.1. The Hall–Kier alpha value is -5.51. The van der Waals surface area contributed by atoms with E-state index in [2.05, 4.69) is 10.1 Å². The number of amides is 2. The van der Waals surface area contributed by atoms with Gasteiger partial charge in [-0.1, -0.05) is 55.8 Å². The number of piperazine rings is 1. The normalized spacial score (nSPS) is 15.9. The van der Waals surface area contributed by atoms with Crippen molar-refractivity contribution in [3.05, 3.63) is 98.9 Å². The van der Waals surface area contributed by atoms with Gasteiger partial charge in [-0.3, -0.25) is 9.78 Å². The molecule has 3 aromatic carbocycles. The molecular formula is C39H43ClF3N7O6. The van der Waals surface area contributed by atoms with E-state index >= 15 is 0 Å². The maximum Gasteiger partial charge on any atom is 0.418 e. The summed E-state index contributed by atoms with van der Waals surface area (Å²) in [5.74, 6) is -0.362. The summed E-state index contributed by atoms with van der Waals surface area (Å²) >= 11 is 6.11. The molecule has 2 aliphatic rings. The highest BCUT2D eigenvalue weighted by molar-refractivity contribution is 6.33. The number of likely N-dealkylation sites (tertiary alicyclic amines) is 1. The van der Waals surface area contributed by atoms with Gasteiger partial charge in [-0.25, -0.2) is 19.1 Å². The number of esters is 1. The number of nitrogens with one attached hydrogen (secondary N) is 1. The molecule has 56 heavy (non-hydrogen) atoms. The SMILES string of the molecule is CC(C)COC(=O)c1ccc(N2CCN(C(=O)[C@@H](Cc3cc(Cl)c(N)c(C(F)(F)F)c3)OC(=O)N3CCC(n4nc(-c5ccccc5)[nH]c4=O)CC3)CC2)cc1. The van der Waals surface area contributed by atoms with Gasteiger partial charge in [0, 0.05) is 56.9 Å². The first kappa shape index (κ1) is 40.2. The number of halogens is 4. The first-order chi connectivity index (χ1) is 26.7. The van der Waals surface area contributed by atoms with Crippen LogP contribution in [0, 0.1) is 5.92 Å². The van der Waals surface area contributed by atoms with Crippen molar-refractivity contribution < 1.29 is 37.0 Å². The van der Waals surface area contributed by atoms with Gasteiger partial charge in [0.2, 0.25) is 0 Å². The third-order valence-electron chi connectivity index (χ3n) is 9.80. The highest BCUT2D eigenvalue weighted by Gasteiger charge is 2.37. The molecule has 0 saturated carbocycles. The van der Waals surface area contributed by atoms with Gasteiger partial charge in [-0.05, 0) is 60.7 Å². The standard InChI is InChI=1S/C39H43ClF3N7O6/c1-24(2)23-55-36(52)27-8-10-28(11-9-27)47-16-18-48(19-17-47)35(51)32(22-25-20-30(39(41,42)43)33(44)31(40)21-25)56-38(54)49-14-12-29(13-15-49)50-37(53)45-34(46-50)26-6-4-3-5-7-26/h3-11,20-21,24,29,32H,12-19,22-23,44H2,1-2H3,(H,45,46,53)/t32-/m1/s1. The van der Waals surface area contributed by atoms with Crippen LogP contribution in [0.1, 0.15) is 54.2 Å². The summed E-state index contributed by atoms with van der Waals surface area (Å²) in [6.45, 7) is 5.85. The topological polar surface area (TPSA) is 156 Å². The third kappa shape index (κ3) is 9.46. The molecule has 0 spiro atoms. The van der Waals surface area contributed by atoms with Crippen molar-refractivity contribution in [2.75, 3.05) is 56.5 Å². The molecule has 0 aliphatic carbocycles. The number of carbonyl (C=O) groups excluding carboxylic acids is 3. The monoisotopic (exact) mass is 797 g/mol. The predicted octanol–water partition coefficient (Wildman–Crippen LogP) is 6.04. The number of H-pyrrole nitrogens is 1. The molecule has 17 heteroatoms. The Balaban J connectivity index is 1.13. The van der Waals surface area contributed by atoms with Crippen LogP contribution in [0.4, 0.5) is 29.3 Å². The van der Waals surface area contributed by atoms with Crippen molar-refractivity contribution in [2.24, 2.45) is 5.92 Å². The Bertz CT molecular complexity index is 2080. The lowest BCUT2D eigenvalue weighted by atomic mass is 10.0. The molecule has 298 valence electrons. The van der Waals surface area contributed by atoms with Crippen LogP contribution < -0.4 is 16.3 Å². The number of rotatable bonds is 10. The molecule has 0 unspecified atom stereocenters. The number of piperidine rings is 1. The van der Waals surface area contributed by atoms with E-state index in [9.17, 15) is 32.3 Å². The van der Waals surface area contributed by atoms with Gasteiger partial charge < -0.3 is 29.9 Å². The zero-order chi connectivity index (χ0) is 40.1. The maximum absolute atomic E-state index is 14.1. The van der Waals surface area contributed by atoms with Gasteiger partial charge in [0.05, 0.1) is 34.5 Å². The molecule has 4 aromatic rings. The molecule has 2 aliphatic heterocycles. The Morgan fingerprint density at radius 1 is 0.946 bits per heavy atom. The number of aromatic amines is 1. The van der Waals surface area contributed by atoms with Crippen LogP contribution in [0.25, 0.3) is 11.4 Å². The Morgan fingerprint density at radius 3 is 2.23 bits per heavy atom. The van der Waals surface area contributed by atoms with Gasteiger partial charge in [0.1, 0.15) is 0 Å². The van der Waals surface area contributed by atoms with E-state index in [1.165, 1.54) is 20.5 Å². The summed E-state index contributed by atoms with van der Waals surface area (Å²) < 4.78 is 54.0. The smallest absolute Gasteiger partial charge is 0.418 e. The first-order valence-corrected chi connectivity index (χ1v) is 18.7. The van der Waals surface area contributed by atoms with Crippen molar-refractivity contribution in [3.8, 4) is 11.4 Å². The maximum atomic E-state index is 14.1. The number of carbonyl (C=O) groups is 3. The molecule has 6 rings (SSSR count). The van der Waals surface area contributed by atoms with Crippen molar-refractivity contribution in [2.45, 2.75) is 51.4 Å². The van der Waals surface area contributed by atoms with Gasteiger partial charge in [-0.2, -0.15) is 13.2 Å². The molecule has 0 bridgehead atoms. The van der Waals surface area contributed by atoms with Gasteiger partial charge in [0.25, 0.3) is 5.91 Å². The minimum atomic E-state index is -4.81. The van der Waals surface area contributed by atoms with E-state index in [-0.39, 0.29) is 60.8 Å². The summed E-state index contributed by atoms with van der Waals surface area (Å²) in [6.07, 6.45) is -6.75. The molecule has 3 N–H and O–H groups in total. The van der Waals surface area contributed by atoms with Crippen molar-refractivity contribution in [1.29, 1.82) is 0 Å². The fourth-order valence-electron chi connectivity index (χ4n) is 6.74. The molecule has 2 saturated heterocycles. The number of benzene rings is 3. The zero-order valence-electron chi connectivity index (χ0n) is 30.9. The highest BCUT2D eigenvalue weighted by Crippen LogP contribution is 2.38. The van der Waals surface area contributed by atoms with Gasteiger partial charge >= 0.3 is 23.9 Å². The van der Waals surface area contributed by atoms with Crippen LogP contribution in [-0.4, -0.2) is 94.5 Å². The van der Waals surface area contributed by atoms with Crippen LogP contribution >= 0.6 is 11.6 Å². The Labute approximate surface area is 326 Å². The summed E-state index contributed by atoms with van der Waals surface area (Å²) in [5.41, 5.74) is 5.48. The number of ether oxygens (including phenoxy) is 2. The summed E-state index contributed by atoms with van der Waals surface area (Å²) in [5, 5.41) is 4.13. The molecule has 2 amide bonds. The summed E-state index contributed by atoms with van der Waals surface area (Å²) in [6, 6.07) is 17.9. The van der Waals surface area contributed by atoms with Crippen molar-refractivity contribution >= 4 is 40.9 Å². The molecule has 3 heterocycles. The number of nitrogens with two attached hydrogens (primary N) is 1. The third-order valence-corrected chi connectivity index (χ3v) is 10.1. The van der Waals surface area contributed by atoms with Crippen molar-refractivity contribution in [3.63, 3.8) is 0 Å². The number of nitrogen functional groups attached to an aromatic ring is 1. The van der Waals surface area contributed by atoms with Crippen molar-refractivity contribution in [1.82, 2.24) is 24.6 Å². The summed E-state index contributed by atoms with van der Waals surface area (Å²) in [4.78, 5) is 60.5. The second-order valence-corrected chi connectivity index (χ2v) is 14.7. The average Bonchev–Trinajstić information content (AvgIpc) is 3.59. The van der Waals surface area contributed by atoms with E-state index in [0.29, 0.717) is 43.9 Å². The minimum Gasteiger partial charge on any atom is -0.462 e. The Kier molecular flexibility index (Phi) is 12.3. The van der Waals surface area contributed by atoms with Crippen LogP contribution in [0.5, 0.6) is 0 Å². The number of anilines is 2. The highest BCUT2D eigenvalue weighted by atomic mass is 35.5. The average molecular weight is 798 g/mol. The molecular weight excluding hydrogens is 755 g/mol. The lowest BCUT2D eigenvalue weighted by molar-refractivity contribution is -0.141. The molecule has 1 atom stereocenters. The first-order valence-electron chi connectivity index (χ1n) is 18.3. The van der Waals surface area contributed by atoms with Crippen LogP contribution in [0.15, 0.2) is 71.5 Å². The minimum absolute atomic E-state index is 0.0131. The lowest BCUT2D eigenvalue weighted by Gasteiger charge is -2.38. The van der Waals surface area contributed by atoms with Gasteiger partial charge in [0.15, 0.2) is 11.9 Å². The summed E-state index contributed by atoms with van der Waals surface area (Å²) in [7, 11) is 0. The molecule has 13 nitrogen and oxygen atoms in total. The lowest BCUT2D eigenvalue weighted by Crippen LogP contribution is -2.53. The van der Waals surface area contributed by atoms with E-state index < -0.39 is 41.5 Å². The fourth-order valence-corrected chi connectivity index (χ4v) is 6.98. The van der Waals surface area contributed by atoms with Crippen LogP contribution in [0.3, 0.4) is 0 Å². The molecule has 0 radical (unpaired) electrons. The molecule has 1 aromatic heterocycles. The molecule has 2 fully saturated rings. The van der Waals surface area contributed by atoms with E-state index in [1.54, 1.807) is 24.3 Å². The number of hydrogen-bond acceptors (Lipinski definition) is 9. The number of nitrogens with zero attached hydrogens (tertiary/aromatic N) is 5. The Morgan fingerprint density at radius 2 is 1.61 bits per heavy atom. The predicted molar refractivity (Wildman–Crippen MR) is 203 cm³/mol. The fraction of sp³-hybridized carbons (Fsp3) is 0.410. The number of aromatic nitrogens is 3. The number of alkyl halides is 3. The second-order valence-electron chi connectivity index (χ2n) is 14.3. The van der Waals surface area contributed by atoms with E-state index in [1.807, 2.05) is 49.1 Å². The number of hydrogen-bond donors (Lipinski definition) is 2. The van der Waals surface area contributed by atoms with Gasteiger partial charge in [-0.15, -0.1) is 5.10 Å².